The number of nitrogens with one attached hydrogen (secondary N) is 1. The van der Waals surface area contributed by atoms with Gasteiger partial charge in [-0.3, -0.25) is 9.69 Å². The van der Waals surface area contributed by atoms with Crippen LogP contribution in [0.15, 0.2) is 45.0 Å². The van der Waals surface area contributed by atoms with Crippen LogP contribution >= 0.6 is 38.9 Å². The number of hydrogen-bond acceptors (Lipinski definition) is 4. The monoisotopic (exact) mass is 435 g/mol. The average Bonchev–Trinajstić information content (AvgIpc) is 3.01. The highest BCUT2D eigenvalue weighted by Crippen LogP contribution is 2.25. The predicted molar refractivity (Wildman–Crippen MR) is 105 cm³/mol. The van der Waals surface area contributed by atoms with Crippen molar-refractivity contribution in [2.75, 3.05) is 6.54 Å². The Morgan fingerprint density at radius 1 is 1.24 bits per heavy atom. The molecule has 1 aliphatic rings. The maximum absolute atomic E-state index is 12.6. The van der Waals surface area contributed by atoms with Crippen molar-refractivity contribution in [2.24, 2.45) is 0 Å². The Kier molecular flexibility index (Phi) is 4.78. The highest BCUT2D eigenvalue weighted by atomic mass is 79.9. The molecule has 3 aromatic rings. The van der Waals surface area contributed by atoms with E-state index in [0.29, 0.717) is 17.4 Å². The standard InChI is InChI=1S/C18H15BrClN3OS/c19-16-6-5-13(25-16)9-23-8-7-15-14(10-23)18(24)22-17(21-15)11-1-3-12(20)4-2-11/h1-6H,7-10H2,(H,21,22,24). The fraction of sp³-hybridized carbons (Fsp3) is 0.222. The quantitative estimate of drug-likeness (QED) is 0.659. The molecular weight excluding hydrogens is 422 g/mol. The first-order valence-electron chi connectivity index (χ1n) is 7.93. The van der Waals surface area contributed by atoms with Crippen LogP contribution in [0.4, 0.5) is 0 Å². The Balaban J connectivity index is 1.59. The lowest BCUT2D eigenvalue weighted by atomic mass is 10.1. The second-order valence-electron chi connectivity index (χ2n) is 6.01. The van der Waals surface area contributed by atoms with Gasteiger partial charge in [0.25, 0.3) is 5.56 Å². The van der Waals surface area contributed by atoms with Crippen LogP contribution in [0.25, 0.3) is 11.4 Å². The van der Waals surface area contributed by atoms with Gasteiger partial charge in [0.05, 0.1) is 15.0 Å². The van der Waals surface area contributed by atoms with Crippen molar-refractivity contribution in [1.29, 1.82) is 0 Å². The van der Waals surface area contributed by atoms with Crippen molar-refractivity contribution in [3.8, 4) is 11.4 Å². The van der Waals surface area contributed by atoms with Gasteiger partial charge in [0.15, 0.2) is 0 Å². The molecule has 0 amide bonds. The van der Waals surface area contributed by atoms with Gasteiger partial charge < -0.3 is 4.98 Å². The highest BCUT2D eigenvalue weighted by Gasteiger charge is 2.22. The number of halogens is 2. The molecule has 25 heavy (non-hydrogen) atoms. The number of fused-ring (bicyclic) bond motifs is 1. The van der Waals surface area contributed by atoms with Gasteiger partial charge in [-0.2, -0.15) is 0 Å². The van der Waals surface area contributed by atoms with E-state index in [9.17, 15) is 4.79 Å². The summed E-state index contributed by atoms with van der Waals surface area (Å²) in [6.07, 6.45) is 0.784. The number of nitrogens with zero attached hydrogens (tertiary/aromatic N) is 2. The number of aromatic nitrogens is 2. The third kappa shape index (κ3) is 3.72. The minimum atomic E-state index is -0.0491. The van der Waals surface area contributed by atoms with Crippen LogP contribution in [0.5, 0.6) is 0 Å². The van der Waals surface area contributed by atoms with Crippen molar-refractivity contribution in [1.82, 2.24) is 14.9 Å². The van der Waals surface area contributed by atoms with E-state index in [1.807, 2.05) is 12.1 Å². The number of aromatic amines is 1. The molecule has 0 unspecified atom stereocenters. The molecule has 0 fully saturated rings. The zero-order valence-electron chi connectivity index (χ0n) is 13.3. The second-order valence-corrected chi connectivity index (χ2v) is 9.00. The molecule has 1 aliphatic heterocycles. The van der Waals surface area contributed by atoms with Gasteiger partial charge >= 0.3 is 0 Å². The van der Waals surface area contributed by atoms with Gasteiger partial charge in [0.2, 0.25) is 0 Å². The van der Waals surface area contributed by atoms with Crippen molar-refractivity contribution < 1.29 is 0 Å². The fourth-order valence-corrected chi connectivity index (χ4v) is 4.67. The molecular formula is C18H15BrClN3OS. The summed E-state index contributed by atoms with van der Waals surface area (Å²) in [6.45, 7) is 2.39. The summed E-state index contributed by atoms with van der Waals surface area (Å²) in [7, 11) is 0. The SMILES string of the molecule is O=c1[nH]c(-c2ccc(Cl)cc2)nc2c1CN(Cc1ccc(Br)s1)CC2. The molecule has 0 saturated heterocycles. The smallest absolute Gasteiger partial charge is 0.255 e. The molecule has 4 rings (SSSR count). The zero-order valence-corrected chi connectivity index (χ0v) is 16.4. The van der Waals surface area contributed by atoms with Crippen molar-refractivity contribution in [3.05, 3.63) is 71.7 Å². The van der Waals surface area contributed by atoms with Crippen LogP contribution < -0.4 is 5.56 Å². The molecule has 128 valence electrons. The molecule has 0 bridgehead atoms. The summed E-state index contributed by atoms with van der Waals surface area (Å²) in [6, 6.07) is 11.5. The first kappa shape index (κ1) is 17.0. The lowest BCUT2D eigenvalue weighted by Crippen LogP contribution is -2.35. The first-order valence-corrected chi connectivity index (χ1v) is 9.92. The van der Waals surface area contributed by atoms with E-state index >= 15 is 0 Å². The van der Waals surface area contributed by atoms with Crippen molar-refractivity contribution >= 4 is 38.9 Å². The molecule has 0 spiro atoms. The van der Waals surface area contributed by atoms with E-state index in [-0.39, 0.29) is 5.56 Å². The molecule has 7 heteroatoms. The largest absolute Gasteiger partial charge is 0.306 e. The Labute approximate surface area is 162 Å². The third-order valence-corrected chi connectivity index (χ3v) is 6.13. The Bertz CT molecular complexity index is 967. The third-order valence-electron chi connectivity index (χ3n) is 4.27. The normalized spacial score (nSPS) is 14.5. The molecule has 1 aromatic carbocycles. The van der Waals surface area contributed by atoms with Crippen LogP contribution in [0, 0.1) is 0 Å². The molecule has 0 saturated carbocycles. The number of H-pyrrole nitrogens is 1. The lowest BCUT2D eigenvalue weighted by Gasteiger charge is -2.27. The predicted octanol–water partition coefficient (Wildman–Crippen LogP) is 4.47. The van der Waals surface area contributed by atoms with E-state index in [2.05, 4.69) is 42.9 Å². The Morgan fingerprint density at radius 2 is 2.04 bits per heavy atom. The number of hydrogen-bond donors (Lipinski definition) is 1. The van der Waals surface area contributed by atoms with Gasteiger partial charge in [-0.25, -0.2) is 4.98 Å². The van der Waals surface area contributed by atoms with E-state index in [0.717, 1.165) is 40.1 Å². The van der Waals surface area contributed by atoms with Gasteiger partial charge in [-0.1, -0.05) is 11.6 Å². The van der Waals surface area contributed by atoms with Crippen LogP contribution in [-0.4, -0.2) is 21.4 Å². The number of benzene rings is 1. The summed E-state index contributed by atoms with van der Waals surface area (Å²) in [5, 5.41) is 0.667. The molecule has 0 radical (unpaired) electrons. The number of rotatable bonds is 3. The summed E-state index contributed by atoms with van der Waals surface area (Å²) in [5.41, 5.74) is 2.50. The minimum Gasteiger partial charge on any atom is -0.306 e. The molecule has 2 aromatic heterocycles. The molecule has 3 heterocycles. The number of thiophene rings is 1. The molecule has 4 nitrogen and oxygen atoms in total. The maximum atomic E-state index is 12.6. The van der Waals surface area contributed by atoms with Gasteiger partial charge in [0, 0.05) is 41.5 Å². The van der Waals surface area contributed by atoms with Crippen molar-refractivity contribution in [2.45, 2.75) is 19.5 Å². The molecule has 0 aliphatic carbocycles. The molecule has 1 N–H and O–H groups in total. The van der Waals surface area contributed by atoms with Crippen LogP contribution in [0.3, 0.4) is 0 Å². The van der Waals surface area contributed by atoms with Crippen LogP contribution in [0.2, 0.25) is 5.02 Å². The van der Waals surface area contributed by atoms with Crippen LogP contribution in [0.1, 0.15) is 16.1 Å². The van der Waals surface area contributed by atoms with Gasteiger partial charge in [0.1, 0.15) is 5.82 Å². The maximum Gasteiger partial charge on any atom is 0.255 e. The first-order chi connectivity index (χ1) is 12.1. The highest BCUT2D eigenvalue weighted by molar-refractivity contribution is 9.11. The lowest BCUT2D eigenvalue weighted by molar-refractivity contribution is 0.244. The second kappa shape index (κ2) is 7.03. The Hall–Kier alpha value is -1.47. The summed E-state index contributed by atoms with van der Waals surface area (Å²) >= 11 is 11.2. The minimum absolute atomic E-state index is 0.0491. The van der Waals surface area contributed by atoms with Crippen LogP contribution in [-0.2, 0) is 19.5 Å². The van der Waals surface area contributed by atoms with Gasteiger partial charge in [-0.05, 0) is 52.3 Å². The summed E-state index contributed by atoms with van der Waals surface area (Å²) in [5.74, 6) is 0.607. The fourth-order valence-electron chi connectivity index (χ4n) is 3.02. The molecule has 0 atom stereocenters. The van der Waals surface area contributed by atoms with E-state index in [1.54, 1.807) is 23.5 Å². The average molecular weight is 437 g/mol. The summed E-state index contributed by atoms with van der Waals surface area (Å²) < 4.78 is 1.13. The van der Waals surface area contributed by atoms with Crippen molar-refractivity contribution in [3.63, 3.8) is 0 Å². The van der Waals surface area contributed by atoms with E-state index in [1.165, 1.54) is 4.88 Å². The van der Waals surface area contributed by atoms with E-state index < -0.39 is 0 Å². The van der Waals surface area contributed by atoms with E-state index in [4.69, 9.17) is 11.6 Å². The zero-order chi connectivity index (χ0) is 17.4. The topological polar surface area (TPSA) is 49.0 Å². The Morgan fingerprint density at radius 3 is 2.76 bits per heavy atom. The summed E-state index contributed by atoms with van der Waals surface area (Å²) in [4.78, 5) is 23.8. The van der Waals surface area contributed by atoms with Gasteiger partial charge in [-0.15, -0.1) is 11.3 Å².